The summed E-state index contributed by atoms with van der Waals surface area (Å²) in [4.78, 5) is 0. The Labute approximate surface area is 417 Å². The van der Waals surface area contributed by atoms with E-state index in [2.05, 4.69) is 269 Å². The molecule has 2 heterocycles. The molecule has 0 amide bonds. The summed E-state index contributed by atoms with van der Waals surface area (Å²) in [5.74, 6) is 3.49. The largest absolute Gasteiger partial charge is 0.458 e. The van der Waals surface area contributed by atoms with E-state index >= 15 is 0 Å². The van der Waals surface area contributed by atoms with Crippen molar-refractivity contribution in [1.29, 1.82) is 0 Å². The van der Waals surface area contributed by atoms with E-state index in [0.29, 0.717) is 0 Å². The van der Waals surface area contributed by atoms with Crippen molar-refractivity contribution in [2.75, 3.05) is 0 Å². The third-order valence-electron chi connectivity index (χ3n) is 14.8. The van der Waals surface area contributed by atoms with Gasteiger partial charge in [0.15, 0.2) is 8.07 Å². The Morgan fingerprint density at radius 2 is 0.800 bits per heavy atom. The summed E-state index contributed by atoms with van der Waals surface area (Å²) < 4.78 is 15.0. The van der Waals surface area contributed by atoms with Crippen LogP contribution in [0.15, 0.2) is 206 Å². The lowest BCUT2D eigenvalue weighted by atomic mass is 9.34. The Morgan fingerprint density at radius 3 is 1.29 bits per heavy atom. The standard InChI is InChI=1S/C66H61BO2Si/c1-64(2,3)46-36-38-58-56(41-46)67-57-42-47(65(4,5)6)37-39-59(57)69-63-54(60-52(44-24-14-10-15-25-44)34-23-35-55(60)66(7,8)9)43-53(62(68-58)61(63)67)45-26-22-33-51(40-45)70(48-27-16-11-17-28-48,49-29-18-12-19-30-49)50-31-20-13-21-32-50/h10-43H,1-9H3. The molecule has 9 aromatic carbocycles. The molecule has 0 N–H and O–H groups in total. The molecule has 344 valence electrons. The van der Waals surface area contributed by atoms with E-state index in [-0.39, 0.29) is 23.0 Å². The summed E-state index contributed by atoms with van der Waals surface area (Å²) in [6.45, 7) is 20.6. The van der Waals surface area contributed by atoms with Gasteiger partial charge in [0.2, 0.25) is 0 Å². The number of fused-ring (bicyclic) bond motifs is 4. The Hall–Kier alpha value is -7.14. The quantitative estimate of drug-likeness (QED) is 0.117. The molecule has 0 aliphatic carbocycles. The van der Waals surface area contributed by atoms with Crippen LogP contribution >= 0.6 is 0 Å². The van der Waals surface area contributed by atoms with Crippen LogP contribution in [0.25, 0.3) is 33.4 Å². The molecule has 0 spiro atoms. The van der Waals surface area contributed by atoms with Gasteiger partial charge in [-0.15, -0.1) is 0 Å². The van der Waals surface area contributed by atoms with Crippen molar-refractivity contribution < 1.29 is 9.47 Å². The molecule has 2 aliphatic rings. The molecule has 0 aromatic heterocycles. The Balaban J connectivity index is 1.28. The molecular formula is C66H61BO2Si. The predicted octanol–water partition coefficient (Wildman–Crippen LogP) is 12.7. The minimum Gasteiger partial charge on any atom is -0.458 e. The number of rotatable bonds is 7. The molecule has 0 fully saturated rings. The molecule has 0 radical (unpaired) electrons. The molecule has 11 rings (SSSR count). The first-order valence-electron chi connectivity index (χ1n) is 24.9. The van der Waals surface area contributed by atoms with Crippen molar-refractivity contribution >= 4 is 51.9 Å². The van der Waals surface area contributed by atoms with E-state index in [4.69, 9.17) is 9.47 Å². The van der Waals surface area contributed by atoms with Crippen LogP contribution in [0.2, 0.25) is 0 Å². The average molecular weight is 925 g/mol. The Bertz CT molecular complexity index is 3290. The predicted molar refractivity (Wildman–Crippen MR) is 300 cm³/mol. The third kappa shape index (κ3) is 7.65. The average Bonchev–Trinajstić information content (AvgIpc) is 3.36. The first kappa shape index (κ1) is 45.3. The monoisotopic (exact) mass is 924 g/mol. The summed E-state index contributed by atoms with van der Waals surface area (Å²) in [5, 5.41) is 5.31. The van der Waals surface area contributed by atoms with Gasteiger partial charge in [-0.3, -0.25) is 0 Å². The second-order valence-corrected chi connectivity index (χ2v) is 26.3. The van der Waals surface area contributed by atoms with Crippen LogP contribution < -0.4 is 46.6 Å². The van der Waals surface area contributed by atoms with Crippen LogP contribution in [0.3, 0.4) is 0 Å². The molecule has 4 heteroatoms. The second kappa shape index (κ2) is 17.1. The molecule has 0 saturated carbocycles. The highest BCUT2D eigenvalue weighted by molar-refractivity contribution is 7.20. The summed E-state index contributed by atoms with van der Waals surface area (Å²) in [6.07, 6.45) is 0. The molecular weight excluding hydrogens is 864 g/mol. The molecule has 70 heavy (non-hydrogen) atoms. The van der Waals surface area contributed by atoms with Crippen LogP contribution in [-0.2, 0) is 16.2 Å². The summed E-state index contributed by atoms with van der Waals surface area (Å²) in [5.41, 5.74) is 13.6. The normalized spacial score (nSPS) is 13.1. The van der Waals surface area contributed by atoms with Gasteiger partial charge in [0.25, 0.3) is 6.71 Å². The maximum Gasteiger partial charge on any atom is 0.260 e. The van der Waals surface area contributed by atoms with Gasteiger partial charge >= 0.3 is 0 Å². The van der Waals surface area contributed by atoms with E-state index < -0.39 is 8.07 Å². The molecule has 0 bridgehead atoms. The maximum absolute atomic E-state index is 7.52. The summed E-state index contributed by atoms with van der Waals surface area (Å²) in [6, 6.07) is 76.9. The summed E-state index contributed by atoms with van der Waals surface area (Å²) >= 11 is 0. The van der Waals surface area contributed by atoms with Gasteiger partial charge in [0, 0.05) is 16.6 Å². The van der Waals surface area contributed by atoms with Gasteiger partial charge in [0.05, 0.1) is 0 Å². The van der Waals surface area contributed by atoms with Gasteiger partial charge < -0.3 is 9.47 Å². The van der Waals surface area contributed by atoms with Crippen LogP contribution in [0, 0.1) is 0 Å². The molecule has 2 aliphatic heterocycles. The minimum atomic E-state index is -2.90. The van der Waals surface area contributed by atoms with E-state index in [1.807, 2.05) is 0 Å². The molecule has 0 unspecified atom stereocenters. The van der Waals surface area contributed by atoms with Gasteiger partial charge in [-0.05, 0) is 105 Å². The SMILES string of the molecule is CC(C)(C)c1ccc2c(c1)B1c3cc(C(C)(C)C)ccc3Oc3c(-c4c(-c5ccccc5)cccc4C(C)(C)C)cc(-c4cccc([Si](c5ccccc5)(c5ccccc5)c5ccccc5)c4)c(c31)O2. The first-order chi connectivity index (χ1) is 33.6. The molecule has 2 nitrogen and oxygen atoms in total. The van der Waals surface area contributed by atoms with Crippen molar-refractivity contribution in [2.24, 2.45) is 0 Å². The fourth-order valence-corrected chi connectivity index (χ4v) is 16.0. The van der Waals surface area contributed by atoms with E-state index in [0.717, 1.165) is 45.2 Å². The number of benzene rings is 9. The third-order valence-corrected chi connectivity index (χ3v) is 19.6. The van der Waals surface area contributed by atoms with Crippen LogP contribution in [-0.4, -0.2) is 14.8 Å². The molecule has 0 atom stereocenters. The van der Waals surface area contributed by atoms with Crippen molar-refractivity contribution in [3.8, 4) is 56.4 Å². The van der Waals surface area contributed by atoms with Gasteiger partial charge in [-0.25, -0.2) is 0 Å². The number of ether oxygens (including phenoxy) is 2. The Morgan fingerprint density at radius 1 is 0.357 bits per heavy atom. The van der Waals surface area contributed by atoms with Crippen molar-refractivity contribution in [2.45, 2.75) is 78.6 Å². The Kier molecular flexibility index (Phi) is 11.1. The lowest BCUT2D eigenvalue weighted by molar-refractivity contribution is 0.465. The zero-order valence-electron chi connectivity index (χ0n) is 42.0. The molecule has 9 aromatic rings. The van der Waals surface area contributed by atoms with E-state index in [1.165, 1.54) is 65.1 Å². The minimum absolute atomic E-state index is 0.0737. The second-order valence-electron chi connectivity index (χ2n) is 22.5. The zero-order chi connectivity index (χ0) is 48.6. The highest BCUT2D eigenvalue weighted by Crippen LogP contribution is 2.50. The number of hydrogen-bond acceptors (Lipinski definition) is 2. The van der Waals surface area contributed by atoms with Crippen LogP contribution in [0.4, 0.5) is 0 Å². The fourth-order valence-electron chi connectivity index (χ4n) is 11.2. The smallest absolute Gasteiger partial charge is 0.260 e. The highest BCUT2D eigenvalue weighted by atomic mass is 28.3. The molecule has 0 saturated heterocycles. The van der Waals surface area contributed by atoms with Gasteiger partial charge in [-0.2, -0.15) is 0 Å². The van der Waals surface area contributed by atoms with Gasteiger partial charge in [0.1, 0.15) is 23.0 Å². The maximum atomic E-state index is 7.52. The topological polar surface area (TPSA) is 18.5 Å². The highest BCUT2D eigenvalue weighted by Gasteiger charge is 2.46. The number of hydrogen-bond donors (Lipinski definition) is 0. The van der Waals surface area contributed by atoms with Crippen LogP contribution in [0.1, 0.15) is 79.0 Å². The van der Waals surface area contributed by atoms with Crippen molar-refractivity contribution in [1.82, 2.24) is 0 Å². The first-order valence-corrected chi connectivity index (χ1v) is 26.9. The lowest BCUT2D eigenvalue weighted by Gasteiger charge is -2.38. The summed E-state index contributed by atoms with van der Waals surface area (Å²) in [7, 11) is -2.90. The van der Waals surface area contributed by atoms with E-state index in [1.54, 1.807) is 0 Å². The fraction of sp³-hybridized carbons (Fsp3) is 0.182. The van der Waals surface area contributed by atoms with Gasteiger partial charge in [-0.1, -0.05) is 250 Å². The van der Waals surface area contributed by atoms with E-state index in [9.17, 15) is 0 Å². The van der Waals surface area contributed by atoms with Crippen molar-refractivity contribution in [3.05, 3.63) is 223 Å². The lowest BCUT2D eigenvalue weighted by Crippen LogP contribution is -2.74. The van der Waals surface area contributed by atoms with Crippen molar-refractivity contribution in [3.63, 3.8) is 0 Å². The zero-order valence-corrected chi connectivity index (χ0v) is 43.0. The van der Waals surface area contributed by atoms with Crippen LogP contribution in [0.5, 0.6) is 23.0 Å².